The van der Waals surface area contributed by atoms with Gasteiger partial charge in [0.1, 0.15) is 5.82 Å². The third-order valence-corrected chi connectivity index (χ3v) is 3.09. The van der Waals surface area contributed by atoms with E-state index in [9.17, 15) is 26.3 Å². The lowest BCUT2D eigenvalue weighted by atomic mass is 9.95. The van der Waals surface area contributed by atoms with Crippen molar-refractivity contribution in [1.82, 2.24) is 14.9 Å². The van der Waals surface area contributed by atoms with E-state index in [1.54, 1.807) is 6.92 Å². The molecule has 1 N–H and O–H groups in total. The Balaban J connectivity index is 3.05. The van der Waals surface area contributed by atoms with E-state index >= 15 is 0 Å². The molecule has 3 nitrogen and oxygen atoms in total. The van der Waals surface area contributed by atoms with Crippen LogP contribution in [-0.2, 0) is 13.5 Å². The fraction of sp³-hybridized carbons (Fsp3) is 0.750. The normalized spacial score (nSPS) is 14.7. The lowest BCUT2D eigenvalue weighted by Gasteiger charge is -2.31. The van der Waals surface area contributed by atoms with E-state index in [4.69, 9.17) is 0 Å². The molecule has 0 aromatic carbocycles. The van der Waals surface area contributed by atoms with Crippen molar-refractivity contribution in [1.29, 1.82) is 0 Å². The van der Waals surface area contributed by atoms with Crippen molar-refractivity contribution in [2.24, 2.45) is 13.0 Å². The Morgan fingerprint density at radius 3 is 2.14 bits per heavy atom. The monoisotopic (exact) mass is 317 g/mol. The minimum absolute atomic E-state index is 0.0672. The van der Waals surface area contributed by atoms with Crippen molar-refractivity contribution < 1.29 is 26.3 Å². The van der Waals surface area contributed by atoms with Gasteiger partial charge in [0.15, 0.2) is 5.92 Å². The van der Waals surface area contributed by atoms with Gasteiger partial charge in [-0.3, -0.25) is 0 Å². The van der Waals surface area contributed by atoms with Crippen molar-refractivity contribution in [2.75, 3.05) is 6.54 Å². The van der Waals surface area contributed by atoms with Gasteiger partial charge in [-0.25, -0.2) is 4.98 Å². The Kier molecular flexibility index (Phi) is 5.66. The van der Waals surface area contributed by atoms with Gasteiger partial charge in [0.25, 0.3) is 0 Å². The minimum atomic E-state index is -5.37. The van der Waals surface area contributed by atoms with Crippen LogP contribution in [0.1, 0.15) is 19.2 Å². The largest absolute Gasteiger partial charge is 0.402 e. The molecule has 0 bridgehead atoms. The highest BCUT2D eigenvalue weighted by Crippen LogP contribution is 2.42. The van der Waals surface area contributed by atoms with Crippen molar-refractivity contribution in [2.45, 2.75) is 38.2 Å². The van der Waals surface area contributed by atoms with Crippen LogP contribution in [0.4, 0.5) is 26.3 Å². The first-order valence-corrected chi connectivity index (χ1v) is 6.40. The molecular formula is C12H17F6N3. The molecule has 9 heteroatoms. The molecule has 0 spiro atoms. The zero-order valence-corrected chi connectivity index (χ0v) is 11.6. The number of alkyl halides is 6. The van der Waals surface area contributed by atoms with Crippen molar-refractivity contribution >= 4 is 0 Å². The Bertz CT molecular complexity index is 423. The van der Waals surface area contributed by atoms with Crippen LogP contribution in [0.15, 0.2) is 12.4 Å². The van der Waals surface area contributed by atoms with Gasteiger partial charge in [0.2, 0.25) is 0 Å². The topological polar surface area (TPSA) is 29.9 Å². The van der Waals surface area contributed by atoms with E-state index in [0.29, 0.717) is 6.42 Å². The van der Waals surface area contributed by atoms with Crippen LogP contribution in [-0.4, -0.2) is 34.5 Å². The van der Waals surface area contributed by atoms with Crippen molar-refractivity contribution in [3.05, 3.63) is 18.2 Å². The molecule has 1 atom stereocenters. The summed E-state index contributed by atoms with van der Waals surface area (Å²) < 4.78 is 78.4. The molecule has 0 aliphatic rings. The second-order valence-corrected chi connectivity index (χ2v) is 4.78. The summed E-state index contributed by atoms with van der Waals surface area (Å²) in [7, 11) is 1.52. The summed E-state index contributed by atoms with van der Waals surface area (Å²) in [5.74, 6) is -3.25. The second kappa shape index (κ2) is 6.67. The highest BCUT2D eigenvalue weighted by atomic mass is 19.4. The molecule has 0 saturated carbocycles. The van der Waals surface area contributed by atoms with Crippen LogP contribution in [0.3, 0.4) is 0 Å². The molecule has 122 valence electrons. The average Bonchev–Trinajstić information content (AvgIpc) is 2.68. The van der Waals surface area contributed by atoms with Crippen LogP contribution >= 0.6 is 0 Å². The van der Waals surface area contributed by atoms with Gasteiger partial charge in [0, 0.05) is 31.9 Å². The lowest BCUT2D eigenvalue weighted by Crippen LogP contribution is -2.52. The fourth-order valence-corrected chi connectivity index (χ4v) is 2.07. The SMILES string of the molecule is CCCNC(Cc1nccn1C)C(C(F)(F)F)C(F)(F)F. The summed E-state index contributed by atoms with van der Waals surface area (Å²) in [6.07, 6.45) is -7.94. The maximum Gasteiger partial charge on any atom is 0.402 e. The first-order chi connectivity index (χ1) is 9.57. The minimum Gasteiger partial charge on any atom is -0.338 e. The Morgan fingerprint density at radius 1 is 1.19 bits per heavy atom. The third-order valence-electron chi connectivity index (χ3n) is 3.09. The molecule has 1 unspecified atom stereocenters. The number of nitrogens with zero attached hydrogens (tertiary/aromatic N) is 2. The van der Waals surface area contributed by atoms with Gasteiger partial charge in [-0.1, -0.05) is 6.92 Å². The summed E-state index contributed by atoms with van der Waals surface area (Å²) in [6, 6.07) is -1.80. The maximum absolute atomic E-state index is 12.8. The van der Waals surface area contributed by atoms with Crippen LogP contribution in [0, 0.1) is 5.92 Å². The number of hydrogen-bond acceptors (Lipinski definition) is 2. The maximum atomic E-state index is 12.8. The fourth-order valence-electron chi connectivity index (χ4n) is 2.07. The molecular weight excluding hydrogens is 300 g/mol. The van der Waals surface area contributed by atoms with Crippen LogP contribution in [0.5, 0.6) is 0 Å². The van der Waals surface area contributed by atoms with Gasteiger partial charge in [-0.2, -0.15) is 26.3 Å². The van der Waals surface area contributed by atoms with Gasteiger partial charge in [0.05, 0.1) is 0 Å². The molecule has 0 amide bonds. The summed E-state index contributed by atoms with van der Waals surface area (Å²) in [6.45, 7) is 1.73. The predicted octanol–water partition coefficient (Wildman–Crippen LogP) is 3.07. The molecule has 1 rings (SSSR count). The molecule has 0 saturated heterocycles. The zero-order valence-electron chi connectivity index (χ0n) is 11.6. The molecule has 0 aliphatic heterocycles. The first-order valence-electron chi connectivity index (χ1n) is 6.40. The van der Waals surface area contributed by atoms with E-state index in [-0.39, 0.29) is 12.4 Å². The first kappa shape index (κ1) is 17.8. The predicted molar refractivity (Wildman–Crippen MR) is 64.6 cm³/mol. The zero-order chi connectivity index (χ0) is 16.3. The van der Waals surface area contributed by atoms with Crippen molar-refractivity contribution in [3.63, 3.8) is 0 Å². The van der Waals surface area contributed by atoms with Gasteiger partial charge in [-0.15, -0.1) is 0 Å². The molecule has 1 aromatic heterocycles. The second-order valence-electron chi connectivity index (χ2n) is 4.78. The molecule has 0 radical (unpaired) electrons. The summed E-state index contributed by atoms with van der Waals surface area (Å²) >= 11 is 0. The Labute approximate surface area is 118 Å². The quantitative estimate of drug-likeness (QED) is 0.817. The molecule has 0 aliphatic carbocycles. The highest BCUT2D eigenvalue weighted by Gasteiger charge is 2.60. The lowest BCUT2D eigenvalue weighted by molar-refractivity contribution is -0.291. The van der Waals surface area contributed by atoms with Gasteiger partial charge in [-0.05, 0) is 13.0 Å². The van der Waals surface area contributed by atoms with Crippen molar-refractivity contribution in [3.8, 4) is 0 Å². The van der Waals surface area contributed by atoms with E-state index in [2.05, 4.69) is 10.3 Å². The number of hydrogen-bond donors (Lipinski definition) is 1. The summed E-state index contributed by atoms with van der Waals surface area (Å²) in [4.78, 5) is 3.80. The molecule has 1 aromatic rings. The van der Waals surface area contributed by atoms with E-state index in [0.717, 1.165) is 0 Å². The number of halogens is 6. The van der Waals surface area contributed by atoms with Crippen LogP contribution in [0.25, 0.3) is 0 Å². The number of nitrogens with one attached hydrogen (secondary N) is 1. The smallest absolute Gasteiger partial charge is 0.338 e. The average molecular weight is 317 g/mol. The number of aryl methyl sites for hydroxylation is 1. The molecule has 0 fully saturated rings. The van der Waals surface area contributed by atoms with Crippen LogP contribution < -0.4 is 5.32 Å². The van der Waals surface area contributed by atoms with E-state index in [1.807, 2.05) is 0 Å². The Hall–Kier alpha value is -1.25. The van der Waals surface area contributed by atoms with E-state index < -0.39 is 30.7 Å². The Morgan fingerprint density at radius 2 is 1.76 bits per heavy atom. The van der Waals surface area contributed by atoms with Gasteiger partial charge >= 0.3 is 12.4 Å². The van der Waals surface area contributed by atoms with Gasteiger partial charge < -0.3 is 9.88 Å². The number of rotatable bonds is 6. The molecule has 1 heterocycles. The standard InChI is InChI=1S/C12H17F6N3/c1-3-4-19-8(7-9-20-5-6-21(9)2)10(11(13,14)15)12(16,17)18/h5-6,8,10,19H,3-4,7H2,1-2H3. The highest BCUT2D eigenvalue weighted by molar-refractivity contribution is 4.99. The summed E-state index contributed by atoms with van der Waals surface area (Å²) in [5, 5.41) is 2.35. The van der Waals surface area contributed by atoms with E-state index in [1.165, 1.54) is 24.0 Å². The number of aromatic nitrogens is 2. The third kappa shape index (κ3) is 4.90. The number of imidazole rings is 1. The summed E-state index contributed by atoms with van der Waals surface area (Å²) in [5.41, 5.74) is 0. The van der Waals surface area contributed by atoms with Crippen LogP contribution in [0.2, 0.25) is 0 Å². The molecule has 21 heavy (non-hydrogen) atoms.